The SMILES string of the molecule is CCCO[C@@H]1[C@H](O)[C@@H](CS)O[C@H]1n1c(C2CC2)nc2c(=O)[nH]c(N)nc21. The number of anilines is 1. The van der Waals surface area contributed by atoms with Crippen molar-refractivity contribution in [2.75, 3.05) is 18.1 Å². The summed E-state index contributed by atoms with van der Waals surface area (Å²) in [6.07, 6.45) is 0.256. The second kappa shape index (κ2) is 6.84. The Hall–Kier alpha value is -1.62. The predicted octanol–water partition coefficient (Wildman–Crippen LogP) is 0.562. The van der Waals surface area contributed by atoms with E-state index in [1.165, 1.54) is 0 Å². The molecule has 0 spiro atoms. The molecule has 2 aromatic rings. The summed E-state index contributed by atoms with van der Waals surface area (Å²) in [4.78, 5) is 23.6. The van der Waals surface area contributed by atoms with Crippen molar-refractivity contribution in [3.63, 3.8) is 0 Å². The molecule has 2 aliphatic rings. The van der Waals surface area contributed by atoms with Crippen LogP contribution in [-0.2, 0) is 9.47 Å². The van der Waals surface area contributed by atoms with Gasteiger partial charge in [0.05, 0.1) is 6.10 Å². The molecule has 0 bridgehead atoms. The molecular formula is C16H23N5O4S. The fourth-order valence-electron chi connectivity index (χ4n) is 3.41. The predicted molar refractivity (Wildman–Crippen MR) is 98.3 cm³/mol. The van der Waals surface area contributed by atoms with Gasteiger partial charge in [-0.1, -0.05) is 6.92 Å². The first-order valence-electron chi connectivity index (χ1n) is 8.88. The zero-order valence-electron chi connectivity index (χ0n) is 14.5. The molecular weight excluding hydrogens is 358 g/mol. The van der Waals surface area contributed by atoms with E-state index in [4.69, 9.17) is 15.2 Å². The van der Waals surface area contributed by atoms with Gasteiger partial charge < -0.3 is 20.3 Å². The van der Waals surface area contributed by atoms with Crippen molar-refractivity contribution in [3.05, 3.63) is 16.2 Å². The topological polar surface area (TPSA) is 128 Å². The lowest BCUT2D eigenvalue weighted by Crippen LogP contribution is -2.35. The minimum Gasteiger partial charge on any atom is -0.387 e. The van der Waals surface area contributed by atoms with Crippen LogP contribution in [0.15, 0.2) is 4.79 Å². The molecule has 9 nitrogen and oxygen atoms in total. The Morgan fingerprint density at radius 2 is 2.23 bits per heavy atom. The number of ether oxygens (including phenoxy) is 2. The maximum absolute atomic E-state index is 12.3. The number of aromatic nitrogens is 4. The van der Waals surface area contributed by atoms with Gasteiger partial charge in [-0.25, -0.2) is 4.98 Å². The number of rotatable bonds is 6. The number of aromatic amines is 1. The monoisotopic (exact) mass is 381 g/mol. The maximum Gasteiger partial charge on any atom is 0.280 e. The third-order valence-corrected chi connectivity index (χ3v) is 5.16. The van der Waals surface area contributed by atoms with Gasteiger partial charge in [-0.15, -0.1) is 0 Å². The van der Waals surface area contributed by atoms with Crippen LogP contribution in [0, 0.1) is 0 Å². The Morgan fingerprint density at radius 1 is 1.46 bits per heavy atom. The molecule has 1 saturated carbocycles. The van der Waals surface area contributed by atoms with Gasteiger partial charge in [0, 0.05) is 18.3 Å². The van der Waals surface area contributed by atoms with Gasteiger partial charge in [0.2, 0.25) is 5.95 Å². The summed E-state index contributed by atoms with van der Waals surface area (Å²) in [6, 6.07) is 0. The van der Waals surface area contributed by atoms with E-state index >= 15 is 0 Å². The number of imidazole rings is 1. The van der Waals surface area contributed by atoms with Crippen LogP contribution < -0.4 is 11.3 Å². The highest BCUT2D eigenvalue weighted by Crippen LogP contribution is 2.44. The van der Waals surface area contributed by atoms with Crippen molar-refractivity contribution in [2.45, 2.75) is 56.6 Å². The summed E-state index contributed by atoms with van der Waals surface area (Å²) in [5.41, 5.74) is 5.94. The molecule has 2 aromatic heterocycles. The van der Waals surface area contributed by atoms with E-state index in [9.17, 15) is 9.90 Å². The summed E-state index contributed by atoms with van der Waals surface area (Å²) in [5.74, 6) is 1.34. The van der Waals surface area contributed by atoms with Gasteiger partial charge in [-0.3, -0.25) is 14.3 Å². The Bertz CT molecular complexity index is 864. The summed E-state index contributed by atoms with van der Waals surface area (Å²) in [5, 5.41) is 10.6. The van der Waals surface area contributed by atoms with Crippen LogP contribution in [0.2, 0.25) is 0 Å². The molecule has 4 atom stereocenters. The van der Waals surface area contributed by atoms with E-state index in [2.05, 4.69) is 27.6 Å². The molecule has 0 amide bonds. The molecule has 0 unspecified atom stereocenters. The second-order valence-corrected chi connectivity index (χ2v) is 7.18. The number of H-pyrrole nitrogens is 1. The summed E-state index contributed by atoms with van der Waals surface area (Å²) in [7, 11) is 0. The molecule has 0 radical (unpaired) electrons. The summed E-state index contributed by atoms with van der Waals surface area (Å²) < 4.78 is 13.7. The first-order chi connectivity index (χ1) is 12.5. The van der Waals surface area contributed by atoms with Gasteiger partial charge in [-0.2, -0.15) is 17.6 Å². The number of hydrogen-bond acceptors (Lipinski definition) is 8. The fourth-order valence-corrected chi connectivity index (χ4v) is 3.71. The van der Waals surface area contributed by atoms with Crippen molar-refractivity contribution in [1.82, 2.24) is 19.5 Å². The summed E-state index contributed by atoms with van der Waals surface area (Å²) in [6.45, 7) is 2.49. The molecule has 4 rings (SSSR count). The normalized spacial score (nSPS) is 28.9. The number of thiol groups is 1. The number of nitrogens with zero attached hydrogens (tertiary/aromatic N) is 3. The largest absolute Gasteiger partial charge is 0.387 e. The molecule has 10 heteroatoms. The lowest BCUT2D eigenvalue weighted by Gasteiger charge is -2.23. The second-order valence-electron chi connectivity index (χ2n) is 6.81. The van der Waals surface area contributed by atoms with E-state index in [0.29, 0.717) is 18.0 Å². The van der Waals surface area contributed by atoms with Crippen LogP contribution in [0.3, 0.4) is 0 Å². The standard InChI is InChI=1S/C16H23N5O4S/c1-2-5-24-11-10(22)8(6-26)25-15(11)21-12(7-3-4-7)18-9-13(21)19-16(17)20-14(9)23/h7-8,10-11,15,22,26H,2-6H2,1H3,(H3,17,19,20,23)/t8-,10-,11-,15-/m1/s1. The third-order valence-electron chi connectivity index (χ3n) is 4.80. The molecule has 3 heterocycles. The van der Waals surface area contributed by atoms with Gasteiger partial charge in [-0.05, 0) is 19.3 Å². The molecule has 1 saturated heterocycles. The zero-order valence-corrected chi connectivity index (χ0v) is 15.4. The highest BCUT2D eigenvalue weighted by Gasteiger charge is 2.47. The number of nitrogens with one attached hydrogen (secondary N) is 1. The highest BCUT2D eigenvalue weighted by molar-refractivity contribution is 7.80. The maximum atomic E-state index is 12.3. The quantitative estimate of drug-likeness (QED) is 0.538. The van der Waals surface area contributed by atoms with Crippen LogP contribution in [0.4, 0.5) is 5.95 Å². The number of nitrogen functional groups attached to an aromatic ring is 1. The number of aliphatic hydroxyl groups excluding tert-OH is 1. The molecule has 0 aromatic carbocycles. The minimum absolute atomic E-state index is 0.0151. The van der Waals surface area contributed by atoms with Crippen molar-refractivity contribution in [1.29, 1.82) is 0 Å². The minimum atomic E-state index is -0.826. The van der Waals surface area contributed by atoms with Crippen molar-refractivity contribution in [2.24, 2.45) is 0 Å². The van der Waals surface area contributed by atoms with E-state index < -0.39 is 24.5 Å². The van der Waals surface area contributed by atoms with Crippen LogP contribution in [0.1, 0.15) is 44.2 Å². The number of aliphatic hydroxyl groups is 1. The number of fused-ring (bicyclic) bond motifs is 1. The molecule has 4 N–H and O–H groups in total. The summed E-state index contributed by atoms with van der Waals surface area (Å²) >= 11 is 4.27. The molecule has 1 aliphatic heterocycles. The first kappa shape index (κ1) is 17.8. The van der Waals surface area contributed by atoms with Crippen LogP contribution in [0.5, 0.6) is 0 Å². The lowest BCUT2D eigenvalue weighted by molar-refractivity contribution is -0.0665. The van der Waals surface area contributed by atoms with Gasteiger partial charge >= 0.3 is 0 Å². The Balaban J connectivity index is 1.85. The first-order valence-corrected chi connectivity index (χ1v) is 9.52. The van der Waals surface area contributed by atoms with E-state index in [0.717, 1.165) is 25.1 Å². The van der Waals surface area contributed by atoms with Crippen LogP contribution in [0.25, 0.3) is 11.2 Å². The van der Waals surface area contributed by atoms with E-state index in [1.54, 1.807) is 4.57 Å². The van der Waals surface area contributed by atoms with E-state index in [1.807, 2.05) is 6.92 Å². The average Bonchev–Trinajstić information content (AvgIpc) is 3.31. The Labute approximate surface area is 155 Å². The van der Waals surface area contributed by atoms with Crippen molar-refractivity contribution >= 4 is 29.7 Å². The van der Waals surface area contributed by atoms with Gasteiger partial charge in [0.15, 0.2) is 17.4 Å². The van der Waals surface area contributed by atoms with Crippen LogP contribution >= 0.6 is 12.6 Å². The lowest BCUT2D eigenvalue weighted by atomic mass is 10.1. The molecule has 2 fully saturated rings. The van der Waals surface area contributed by atoms with E-state index in [-0.39, 0.29) is 22.9 Å². The smallest absolute Gasteiger partial charge is 0.280 e. The van der Waals surface area contributed by atoms with Crippen LogP contribution in [-0.4, -0.2) is 55.3 Å². The molecule has 142 valence electrons. The van der Waals surface area contributed by atoms with Crippen molar-refractivity contribution in [3.8, 4) is 0 Å². The van der Waals surface area contributed by atoms with Crippen molar-refractivity contribution < 1.29 is 14.6 Å². The average molecular weight is 381 g/mol. The van der Waals surface area contributed by atoms with Gasteiger partial charge in [0.25, 0.3) is 5.56 Å². The fraction of sp³-hybridized carbons (Fsp3) is 0.688. The highest BCUT2D eigenvalue weighted by atomic mass is 32.1. The van der Waals surface area contributed by atoms with Gasteiger partial charge in [0.1, 0.15) is 18.0 Å². The molecule has 26 heavy (non-hydrogen) atoms. The number of hydrogen-bond donors (Lipinski definition) is 4. The number of nitrogens with two attached hydrogens (primary N) is 1. The third kappa shape index (κ3) is 2.90. The Kier molecular flexibility index (Phi) is 4.68. The Morgan fingerprint density at radius 3 is 2.88 bits per heavy atom. The molecule has 1 aliphatic carbocycles. The zero-order chi connectivity index (χ0) is 18.4.